The smallest absolute Gasteiger partial charge is 0.266 e. The van der Waals surface area contributed by atoms with Crippen molar-refractivity contribution in [3.05, 3.63) is 102 Å². The maximum Gasteiger partial charge on any atom is 0.266 e. The molecule has 5 rings (SSSR count). The third-order valence-electron chi connectivity index (χ3n) is 5.42. The molecule has 9 heteroatoms. The third kappa shape index (κ3) is 3.87. The van der Waals surface area contributed by atoms with Crippen LogP contribution in [0.1, 0.15) is 32.3 Å². The van der Waals surface area contributed by atoms with Crippen LogP contribution in [0.3, 0.4) is 0 Å². The summed E-state index contributed by atoms with van der Waals surface area (Å²) in [6, 6.07) is 22.2. The summed E-state index contributed by atoms with van der Waals surface area (Å²) in [6.07, 6.45) is 1.78. The molecule has 9 nitrogen and oxygen atoms in total. The minimum Gasteiger partial charge on any atom is -0.324 e. The number of carbonyl (C=O) groups is 3. The fourth-order valence-electron chi connectivity index (χ4n) is 3.83. The van der Waals surface area contributed by atoms with E-state index in [-0.39, 0.29) is 5.91 Å². The van der Waals surface area contributed by atoms with Crippen LogP contribution >= 0.6 is 0 Å². The molecule has 2 heterocycles. The van der Waals surface area contributed by atoms with Gasteiger partial charge in [-0.1, -0.05) is 48.5 Å². The Morgan fingerprint density at radius 3 is 2.24 bits per heavy atom. The fraction of sp³-hybridized carbons (Fsp3) is 0.0833. The average molecular weight is 438 g/mol. The summed E-state index contributed by atoms with van der Waals surface area (Å²) in [5, 5.41) is 14.1. The summed E-state index contributed by atoms with van der Waals surface area (Å²) in [5.41, 5.74) is 2.49. The first kappa shape index (κ1) is 20.3. The number of amides is 3. The van der Waals surface area contributed by atoms with Gasteiger partial charge in [-0.3, -0.25) is 14.4 Å². The number of benzene rings is 3. The molecular formula is C24H18N6O3. The van der Waals surface area contributed by atoms with E-state index in [1.54, 1.807) is 48.5 Å². The first-order valence-electron chi connectivity index (χ1n) is 10.3. The second-order valence-corrected chi connectivity index (χ2v) is 7.53. The van der Waals surface area contributed by atoms with Crippen LogP contribution in [-0.4, -0.2) is 37.9 Å². The van der Waals surface area contributed by atoms with E-state index in [2.05, 4.69) is 20.8 Å². The van der Waals surface area contributed by atoms with Gasteiger partial charge in [0, 0.05) is 12.1 Å². The van der Waals surface area contributed by atoms with Crippen molar-refractivity contribution in [3.63, 3.8) is 0 Å². The summed E-state index contributed by atoms with van der Waals surface area (Å²) in [7, 11) is 0. The summed E-state index contributed by atoms with van der Waals surface area (Å²) in [6.45, 7) is 0. The summed E-state index contributed by atoms with van der Waals surface area (Å²) in [5.74, 6) is -1.12. The number of hydrogen-bond acceptors (Lipinski definition) is 6. The predicted octanol–water partition coefficient (Wildman–Crippen LogP) is 2.90. The van der Waals surface area contributed by atoms with Crippen molar-refractivity contribution in [2.45, 2.75) is 12.5 Å². The van der Waals surface area contributed by atoms with Crippen LogP contribution in [0.5, 0.6) is 0 Å². The van der Waals surface area contributed by atoms with E-state index in [1.807, 2.05) is 30.3 Å². The van der Waals surface area contributed by atoms with Gasteiger partial charge in [0.15, 0.2) is 0 Å². The summed E-state index contributed by atoms with van der Waals surface area (Å²) >= 11 is 0. The Labute approximate surface area is 188 Å². The lowest BCUT2D eigenvalue weighted by molar-refractivity contribution is -0.119. The van der Waals surface area contributed by atoms with Gasteiger partial charge < -0.3 is 5.32 Å². The highest BCUT2D eigenvalue weighted by molar-refractivity contribution is 6.34. The molecule has 0 saturated heterocycles. The van der Waals surface area contributed by atoms with Gasteiger partial charge in [-0.25, -0.2) is 9.58 Å². The standard InChI is InChI=1S/C24H18N6O3/c31-22(21(29-15-25-27-28-29)13-16-7-2-1-3-8-16)26-17-9-6-10-18(14-17)30-23(32)19-11-4-5-12-20(19)24(30)33/h1-12,14-15,21H,13H2,(H,26,31). The zero-order valence-electron chi connectivity index (χ0n) is 17.3. The Kier molecular flexibility index (Phi) is 5.19. The first-order chi connectivity index (χ1) is 16.1. The van der Waals surface area contributed by atoms with Crippen molar-refractivity contribution >= 4 is 29.1 Å². The van der Waals surface area contributed by atoms with E-state index >= 15 is 0 Å². The van der Waals surface area contributed by atoms with Gasteiger partial charge in [0.1, 0.15) is 12.4 Å². The number of anilines is 2. The highest BCUT2D eigenvalue weighted by atomic mass is 16.2. The van der Waals surface area contributed by atoms with E-state index in [1.165, 1.54) is 11.0 Å². The molecule has 1 N–H and O–H groups in total. The van der Waals surface area contributed by atoms with Gasteiger partial charge in [-0.15, -0.1) is 5.10 Å². The quantitative estimate of drug-likeness (QED) is 0.464. The molecule has 3 aromatic carbocycles. The van der Waals surface area contributed by atoms with E-state index in [4.69, 9.17) is 0 Å². The van der Waals surface area contributed by atoms with Gasteiger partial charge >= 0.3 is 0 Å². The first-order valence-corrected chi connectivity index (χ1v) is 10.3. The lowest BCUT2D eigenvalue weighted by Crippen LogP contribution is -2.30. The normalized spacial score (nSPS) is 13.6. The van der Waals surface area contributed by atoms with Crippen molar-refractivity contribution < 1.29 is 14.4 Å². The van der Waals surface area contributed by atoms with Crippen LogP contribution in [0, 0.1) is 0 Å². The van der Waals surface area contributed by atoms with Gasteiger partial charge in [0.25, 0.3) is 11.8 Å². The molecule has 0 bridgehead atoms. The molecule has 1 aliphatic rings. The van der Waals surface area contributed by atoms with Gasteiger partial charge in [0.05, 0.1) is 16.8 Å². The molecular weight excluding hydrogens is 420 g/mol. The Morgan fingerprint density at radius 1 is 0.879 bits per heavy atom. The van der Waals surface area contributed by atoms with E-state index in [9.17, 15) is 14.4 Å². The molecule has 0 saturated carbocycles. The Hall–Kier alpha value is -4.66. The number of hydrogen-bond donors (Lipinski definition) is 1. The van der Waals surface area contributed by atoms with E-state index in [0.29, 0.717) is 28.9 Å². The second-order valence-electron chi connectivity index (χ2n) is 7.53. The van der Waals surface area contributed by atoms with Crippen molar-refractivity contribution in [2.24, 2.45) is 0 Å². The molecule has 3 amide bonds. The fourth-order valence-corrected chi connectivity index (χ4v) is 3.83. The molecule has 4 aromatic rings. The molecule has 33 heavy (non-hydrogen) atoms. The van der Waals surface area contributed by atoms with Crippen molar-refractivity contribution in [1.82, 2.24) is 20.2 Å². The molecule has 0 aliphatic carbocycles. The monoisotopic (exact) mass is 438 g/mol. The lowest BCUT2D eigenvalue weighted by atomic mass is 10.1. The minimum absolute atomic E-state index is 0.328. The van der Waals surface area contributed by atoms with Crippen LogP contribution in [0.4, 0.5) is 11.4 Å². The number of rotatable bonds is 6. The molecule has 0 fully saturated rings. The van der Waals surface area contributed by atoms with Crippen LogP contribution in [0.25, 0.3) is 0 Å². The minimum atomic E-state index is -0.689. The Bertz CT molecular complexity index is 1300. The van der Waals surface area contributed by atoms with Crippen LogP contribution in [0.15, 0.2) is 85.2 Å². The third-order valence-corrected chi connectivity index (χ3v) is 5.42. The molecule has 162 valence electrons. The largest absolute Gasteiger partial charge is 0.324 e. The van der Waals surface area contributed by atoms with E-state index < -0.39 is 17.9 Å². The van der Waals surface area contributed by atoms with E-state index in [0.717, 1.165) is 10.5 Å². The van der Waals surface area contributed by atoms with Crippen LogP contribution in [0.2, 0.25) is 0 Å². The molecule has 0 radical (unpaired) electrons. The number of nitrogens with one attached hydrogen (secondary N) is 1. The number of aromatic nitrogens is 4. The molecule has 1 aromatic heterocycles. The zero-order valence-corrected chi connectivity index (χ0v) is 17.3. The SMILES string of the molecule is O=C(Nc1cccc(N2C(=O)c3ccccc3C2=O)c1)C(Cc1ccccc1)n1cnnn1. The zero-order chi connectivity index (χ0) is 22.8. The molecule has 1 aliphatic heterocycles. The maximum absolute atomic E-state index is 13.2. The van der Waals surface area contributed by atoms with Gasteiger partial charge in [0.2, 0.25) is 5.91 Å². The highest BCUT2D eigenvalue weighted by Crippen LogP contribution is 2.30. The Morgan fingerprint density at radius 2 is 1.58 bits per heavy atom. The van der Waals surface area contributed by atoms with Crippen LogP contribution in [-0.2, 0) is 11.2 Å². The number of nitrogens with zero attached hydrogens (tertiary/aromatic N) is 5. The van der Waals surface area contributed by atoms with Crippen molar-refractivity contribution in [2.75, 3.05) is 10.2 Å². The summed E-state index contributed by atoms with van der Waals surface area (Å²) < 4.78 is 1.40. The predicted molar refractivity (Wildman–Crippen MR) is 120 cm³/mol. The highest BCUT2D eigenvalue weighted by Gasteiger charge is 2.36. The number of fused-ring (bicyclic) bond motifs is 1. The second kappa shape index (κ2) is 8.46. The maximum atomic E-state index is 13.2. The number of carbonyl (C=O) groups excluding carboxylic acids is 3. The van der Waals surface area contributed by atoms with Gasteiger partial charge in [-0.05, 0) is 46.3 Å². The van der Waals surface area contributed by atoms with Crippen molar-refractivity contribution in [1.29, 1.82) is 0 Å². The summed E-state index contributed by atoms with van der Waals surface area (Å²) in [4.78, 5) is 39.9. The van der Waals surface area contributed by atoms with Crippen molar-refractivity contribution in [3.8, 4) is 0 Å². The molecule has 0 spiro atoms. The lowest BCUT2D eigenvalue weighted by Gasteiger charge is -2.18. The molecule has 1 atom stereocenters. The average Bonchev–Trinajstić information content (AvgIpc) is 3.46. The van der Waals surface area contributed by atoms with Gasteiger partial charge in [-0.2, -0.15) is 0 Å². The van der Waals surface area contributed by atoms with Crippen LogP contribution < -0.4 is 10.2 Å². The topological polar surface area (TPSA) is 110 Å². The number of tetrazole rings is 1. The Balaban J connectivity index is 1.39. The number of imide groups is 1. The molecule has 1 unspecified atom stereocenters.